The first-order chi connectivity index (χ1) is 14.9. The topological polar surface area (TPSA) is 116 Å². The summed E-state index contributed by atoms with van der Waals surface area (Å²) in [5, 5.41) is 15.4. The molecule has 3 rings (SSSR count). The van der Waals surface area contributed by atoms with Gasteiger partial charge in [-0.25, -0.2) is 0 Å². The van der Waals surface area contributed by atoms with Crippen LogP contribution in [0.1, 0.15) is 27.1 Å². The van der Waals surface area contributed by atoms with Gasteiger partial charge in [-0.15, -0.1) is 6.58 Å². The van der Waals surface area contributed by atoms with Crippen molar-refractivity contribution in [2.45, 2.75) is 13.0 Å². The zero-order valence-corrected chi connectivity index (χ0v) is 17.5. The van der Waals surface area contributed by atoms with Crippen LogP contribution in [0.2, 0.25) is 0 Å². The van der Waals surface area contributed by atoms with E-state index in [1.54, 1.807) is 36.4 Å². The number of carbonyl (C=O) groups is 2. The Bertz CT molecular complexity index is 1260. The summed E-state index contributed by atoms with van der Waals surface area (Å²) in [5.41, 5.74) is 1.00. The molecular formula is C22H22N4O4S. The average Bonchev–Trinajstić information content (AvgIpc) is 2.75. The largest absolute Gasteiger partial charge is 0.508 e. The number of nitrogens with zero attached hydrogens (tertiary/aromatic N) is 1. The lowest BCUT2D eigenvalue weighted by Crippen LogP contribution is -2.30. The van der Waals surface area contributed by atoms with Crippen molar-refractivity contribution in [1.29, 1.82) is 0 Å². The molecule has 8 nitrogen and oxygen atoms in total. The molecule has 0 radical (unpaired) electrons. The molecule has 0 aliphatic heterocycles. The van der Waals surface area contributed by atoms with Gasteiger partial charge in [-0.2, -0.15) is 0 Å². The maximum atomic E-state index is 12.5. The van der Waals surface area contributed by atoms with Crippen LogP contribution in [0.25, 0.3) is 10.9 Å². The Morgan fingerprint density at radius 3 is 2.42 bits per heavy atom. The van der Waals surface area contributed by atoms with Crippen LogP contribution in [0.5, 0.6) is 5.75 Å². The molecule has 0 spiro atoms. The number of hydrogen-bond donors (Lipinski definition) is 4. The Kier molecular flexibility index (Phi) is 6.99. The molecule has 1 heterocycles. The van der Waals surface area contributed by atoms with Gasteiger partial charge in [0.15, 0.2) is 4.77 Å². The summed E-state index contributed by atoms with van der Waals surface area (Å²) in [4.78, 5) is 39.9. The molecule has 160 valence electrons. The number of H-pyrrole nitrogens is 1. The number of amides is 2. The number of carbonyl (C=O) groups excluding carboxylic acids is 2. The van der Waals surface area contributed by atoms with Crippen LogP contribution in [0.4, 0.5) is 0 Å². The number of aromatic amines is 1. The Balaban J connectivity index is 1.56. The highest BCUT2D eigenvalue weighted by Crippen LogP contribution is 2.12. The van der Waals surface area contributed by atoms with Gasteiger partial charge in [0, 0.05) is 30.8 Å². The Morgan fingerprint density at radius 1 is 1.10 bits per heavy atom. The standard InChI is InChI=1S/C22H22N4O4S/c1-2-11-26-21(30)17-8-7-15(13-18(17)25-22(26)31)20(29)24-10-4-9-23-19(28)14-5-3-6-16(27)12-14/h2-3,5-8,12-13,27H,1,4,9-11H2,(H,23,28)(H,24,29)(H,25,31). The van der Waals surface area contributed by atoms with Gasteiger partial charge in [-0.1, -0.05) is 12.1 Å². The molecule has 2 amide bonds. The van der Waals surface area contributed by atoms with E-state index in [9.17, 15) is 19.5 Å². The van der Waals surface area contributed by atoms with Gasteiger partial charge < -0.3 is 20.7 Å². The number of phenols is 1. The molecule has 0 fully saturated rings. The quantitative estimate of drug-likeness (QED) is 0.245. The van der Waals surface area contributed by atoms with Gasteiger partial charge in [0.25, 0.3) is 17.4 Å². The fourth-order valence-electron chi connectivity index (χ4n) is 3.03. The smallest absolute Gasteiger partial charge is 0.262 e. The molecule has 0 aliphatic carbocycles. The summed E-state index contributed by atoms with van der Waals surface area (Å²) in [5.74, 6) is -0.569. The van der Waals surface area contributed by atoms with Gasteiger partial charge in [-0.3, -0.25) is 19.0 Å². The third-order valence-corrected chi connectivity index (χ3v) is 4.91. The van der Waals surface area contributed by atoms with Gasteiger partial charge in [0.2, 0.25) is 0 Å². The minimum atomic E-state index is -0.297. The Hall–Kier alpha value is -3.72. The second-order valence-electron chi connectivity index (χ2n) is 6.81. The zero-order valence-electron chi connectivity index (χ0n) is 16.7. The molecule has 3 aromatic rings. The summed E-state index contributed by atoms with van der Waals surface area (Å²) in [6.45, 7) is 4.64. The molecule has 0 atom stereocenters. The Labute approximate surface area is 183 Å². The second kappa shape index (κ2) is 9.86. The van der Waals surface area contributed by atoms with Crippen molar-refractivity contribution in [3.63, 3.8) is 0 Å². The van der Waals surface area contributed by atoms with Gasteiger partial charge in [0.1, 0.15) is 5.75 Å². The van der Waals surface area contributed by atoms with Crippen LogP contribution in [0, 0.1) is 4.77 Å². The maximum absolute atomic E-state index is 12.5. The summed E-state index contributed by atoms with van der Waals surface area (Å²) in [6, 6.07) is 10.8. The highest BCUT2D eigenvalue weighted by Gasteiger charge is 2.10. The summed E-state index contributed by atoms with van der Waals surface area (Å²) in [6.07, 6.45) is 2.11. The van der Waals surface area contributed by atoms with Crippen molar-refractivity contribution in [3.05, 3.63) is 81.4 Å². The van der Waals surface area contributed by atoms with E-state index < -0.39 is 0 Å². The summed E-state index contributed by atoms with van der Waals surface area (Å²) >= 11 is 5.21. The summed E-state index contributed by atoms with van der Waals surface area (Å²) in [7, 11) is 0. The van der Waals surface area contributed by atoms with Crippen LogP contribution in [-0.2, 0) is 6.54 Å². The van der Waals surface area contributed by atoms with Crippen LogP contribution >= 0.6 is 12.2 Å². The number of nitrogens with one attached hydrogen (secondary N) is 3. The molecule has 0 bridgehead atoms. The van der Waals surface area contributed by atoms with Crippen LogP contribution in [-0.4, -0.2) is 39.6 Å². The minimum Gasteiger partial charge on any atom is -0.508 e. The minimum absolute atomic E-state index is 0.0235. The van der Waals surface area contributed by atoms with E-state index >= 15 is 0 Å². The molecule has 0 unspecified atom stereocenters. The van der Waals surface area contributed by atoms with Gasteiger partial charge in [0.05, 0.1) is 10.9 Å². The monoisotopic (exact) mass is 438 g/mol. The van der Waals surface area contributed by atoms with Gasteiger partial charge in [-0.05, 0) is 55.0 Å². The number of rotatable bonds is 8. The third-order valence-electron chi connectivity index (χ3n) is 4.59. The van der Waals surface area contributed by atoms with Crippen LogP contribution in [0.15, 0.2) is 59.9 Å². The number of allylic oxidation sites excluding steroid dienone is 1. The first-order valence-electron chi connectivity index (χ1n) is 9.64. The normalized spacial score (nSPS) is 10.6. The zero-order chi connectivity index (χ0) is 22.4. The molecule has 1 aromatic heterocycles. The van der Waals surface area contributed by atoms with E-state index in [1.807, 2.05) is 0 Å². The lowest BCUT2D eigenvalue weighted by molar-refractivity contribution is 0.0951. The maximum Gasteiger partial charge on any atom is 0.262 e. The molecule has 31 heavy (non-hydrogen) atoms. The lowest BCUT2D eigenvalue weighted by Gasteiger charge is -2.09. The fourth-order valence-corrected chi connectivity index (χ4v) is 3.30. The first kappa shape index (κ1) is 22.0. The predicted molar refractivity (Wildman–Crippen MR) is 121 cm³/mol. The van der Waals surface area contributed by atoms with E-state index in [2.05, 4.69) is 22.2 Å². The van der Waals surface area contributed by atoms with E-state index in [1.165, 1.54) is 16.7 Å². The van der Waals surface area contributed by atoms with Crippen molar-refractivity contribution >= 4 is 34.9 Å². The SMILES string of the molecule is C=CCn1c(=S)[nH]c2cc(C(=O)NCCCNC(=O)c3cccc(O)c3)ccc2c1=O. The van der Waals surface area contributed by atoms with Crippen molar-refractivity contribution in [3.8, 4) is 5.75 Å². The van der Waals surface area contributed by atoms with Crippen molar-refractivity contribution in [2.75, 3.05) is 13.1 Å². The van der Waals surface area contributed by atoms with Crippen molar-refractivity contribution < 1.29 is 14.7 Å². The number of benzene rings is 2. The number of fused-ring (bicyclic) bond motifs is 1. The number of phenolic OH excluding ortho intramolecular Hbond substituents is 1. The molecule has 9 heteroatoms. The molecule has 0 saturated carbocycles. The van der Waals surface area contributed by atoms with E-state index in [4.69, 9.17) is 12.2 Å². The van der Waals surface area contributed by atoms with E-state index in [0.29, 0.717) is 48.1 Å². The summed E-state index contributed by atoms with van der Waals surface area (Å²) < 4.78 is 1.66. The first-order valence-corrected chi connectivity index (χ1v) is 10.0. The van der Waals surface area contributed by atoms with E-state index in [-0.39, 0.29) is 27.9 Å². The third kappa shape index (κ3) is 5.26. The highest BCUT2D eigenvalue weighted by atomic mass is 32.1. The number of aromatic hydroxyl groups is 1. The molecule has 0 aliphatic rings. The highest BCUT2D eigenvalue weighted by molar-refractivity contribution is 7.71. The number of hydrogen-bond acceptors (Lipinski definition) is 5. The lowest BCUT2D eigenvalue weighted by atomic mass is 10.1. The molecule has 2 aromatic carbocycles. The molecular weight excluding hydrogens is 416 g/mol. The van der Waals surface area contributed by atoms with Crippen molar-refractivity contribution in [2.24, 2.45) is 0 Å². The van der Waals surface area contributed by atoms with Crippen LogP contribution < -0.4 is 16.2 Å². The van der Waals surface area contributed by atoms with Crippen molar-refractivity contribution in [1.82, 2.24) is 20.2 Å². The second-order valence-corrected chi connectivity index (χ2v) is 7.20. The van der Waals surface area contributed by atoms with E-state index in [0.717, 1.165) is 0 Å². The fraction of sp³-hybridized carbons (Fsp3) is 0.182. The number of aromatic nitrogens is 2. The Morgan fingerprint density at radius 2 is 1.77 bits per heavy atom. The molecule has 4 N–H and O–H groups in total. The van der Waals surface area contributed by atoms with Crippen LogP contribution in [0.3, 0.4) is 0 Å². The molecule has 0 saturated heterocycles. The predicted octanol–water partition coefficient (Wildman–Crippen LogP) is 2.50. The average molecular weight is 439 g/mol. The van der Waals surface area contributed by atoms with Gasteiger partial charge >= 0.3 is 0 Å².